The highest BCUT2D eigenvalue weighted by molar-refractivity contribution is 7.99. The van der Waals surface area contributed by atoms with E-state index >= 15 is 0 Å². The van der Waals surface area contributed by atoms with Gasteiger partial charge in [0, 0.05) is 17.3 Å². The number of rotatable bonds is 6. The molecule has 0 fully saturated rings. The van der Waals surface area contributed by atoms with Gasteiger partial charge in [-0.2, -0.15) is 0 Å². The van der Waals surface area contributed by atoms with Crippen LogP contribution in [0.25, 0.3) is 0 Å². The van der Waals surface area contributed by atoms with E-state index in [1.165, 1.54) is 11.8 Å². The van der Waals surface area contributed by atoms with Crippen LogP contribution in [0, 0.1) is 0 Å². The van der Waals surface area contributed by atoms with Gasteiger partial charge in [0.15, 0.2) is 0 Å². The van der Waals surface area contributed by atoms with Crippen LogP contribution in [0.5, 0.6) is 0 Å². The number of amides is 3. The summed E-state index contributed by atoms with van der Waals surface area (Å²) >= 11 is 7.25. The van der Waals surface area contributed by atoms with Crippen molar-refractivity contribution in [2.75, 3.05) is 5.75 Å². The van der Waals surface area contributed by atoms with Crippen molar-refractivity contribution in [2.45, 2.75) is 12.3 Å². The number of carbonyl (C=O) groups is 2. The number of carbonyl (C=O) groups excluding carboxylic acids is 2. The van der Waals surface area contributed by atoms with Gasteiger partial charge in [0.25, 0.3) is 0 Å². The zero-order valence-corrected chi connectivity index (χ0v) is 14.0. The third kappa shape index (κ3) is 6.76. The van der Waals surface area contributed by atoms with Crippen molar-refractivity contribution < 1.29 is 9.59 Å². The van der Waals surface area contributed by atoms with E-state index < -0.39 is 6.03 Å². The first kappa shape index (κ1) is 17.4. The maximum Gasteiger partial charge on any atom is 0.321 e. The predicted molar refractivity (Wildman–Crippen MR) is 94.4 cm³/mol. The molecular formula is C17H17ClN2O2S. The quantitative estimate of drug-likeness (QED) is 0.838. The molecule has 0 saturated carbocycles. The molecular weight excluding hydrogens is 332 g/mol. The lowest BCUT2D eigenvalue weighted by atomic mass is 10.2. The lowest BCUT2D eigenvalue weighted by Crippen LogP contribution is -2.39. The third-order valence-electron chi connectivity index (χ3n) is 2.96. The molecule has 0 unspecified atom stereocenters. The molecule has 0 aliphatic carbocycles. The fraction of sp³-hybridized carbons (Fsp3) is 0.176. The van der Waals surface area contributed by atoms with Crippen LogP contribution in [-0.2, 0) is 17.1 Å². The van der Waals surface area contributed by atoms with Crippen LogP contribution < -0.4 is 10.6 Å². The van der Waals surface area contributed by atoms with Gasteiger partial charge in [0.05, 0.1) is 5.75 Å². The lowest BCUT2D eigenvalue weighted by Gasteiger charge is -2.07. The predicted octanol–water partition coefficient (Wildman–Crippen LogP) is 3.60. The minimum atomic E-state index is -0.481. The Labute approximate surface area is 144 Å². The average molecular weight is 349 g/mol. The molecule has 0 spiro atoms. The molecule has 2 rings (SSSR count). The summed E-state index contributed by atoms with van der Waals surface area (Å²) in [5.41, 5.74) is 2.06. The average Bonchev–Trinajstić information content (AvgIpc) is 2.56. The van der Waals surface area contributed by atoms with E-state index in [2.05, 4.69) is 10.6 Å². The number of hydrogen-bond donors (Lipinski definition) is 2. The number of imide groups is 1. The van der Waals surface area contributed by atoms with Crippen LogP contribution in [0.1, 0.15) is 11.1 Å². The minimum Gasteiger partial charge on any atom is -0.334 e. The topological polar surface area (TPSA) is 58.2 Å². The number of nitrogens with one attached hydrogen (secondary N) is 2. The van der Waals surface area contributed by atoms with Gasteiger partial charge in [-0.05, 0) is 23.3 Å². The SMILES string of the molecule is O=C(CSCc1ccc(Cl)cc1)NC(=O)NCc1ccccc1. The number of thioether (sulfide) groups is 1. The van der Waals surface area contributed by atoms with Gasteiger partial charge < -0.3 is 5.32 Å². The Bertz CT molecular complexity index is 647. The fourth-order valence-corrected chi connectivity index (χ4v) is 2.74. The Morgan fingerprint density at radius 2 is 1.65 bits per heavy atom. The summed E-state index contributed by atoms with van der Waals surface area (Å²) in [6.45, 7) is 0.387. The third-order valence-corrected chi connectivity index (χ3v) is 4.22. The second-order valence-electron chi connectivity index (χ2n) is 4.84. The molecule has 0 aliphatic heterocycles. The Balaban J connectivity index is 1.64. The van der Waals surface area contributed by atoms with Gasteiger partial charge in [-0.25, -0.2) is 4.79 Å². The molecule has 0 aromatic heterocycles. The first-order valence-electron chi connectivity index (χ1n) is 7.07. The summed E-state index contributed by atoms with van der Waals surface area (Å²) < 4.78 is 0. The molecule has 120 valence electrons. The summed E-state index contributed by atoms with van der Waals surface area (Å²) in [5.74, 6) is 0.604. The van der Waals surface area contributed by atoms with E-state index in [-0.39, 0.29) is 11.7 Å². The van der Waals surface area contributed by atoms with E-state index in [0.29, 0.717) is 17.3 Å². The van der Waals surface area contributed by atoms with E-state index in [0.717, 1.165) is 11.1 Å². The summed E-state index contributed by atoms with van der Waals surface area (Å²) in [5, 5.41) is 5.65. The standard InChI is InChI=1S/C17H17ClN2O2S/c18-15-8-6-14(7-9-15)11-23-12-16(21)20-17(22)19-10-13-4-2-1-3-5-13/h1-9H,10-12H2,(H2,19,20,21,22). The number of benzene rings is 2. The van der Waals surface area contributed by atoms with E-state index in [1.807, 2.05) is 54.6 Å². The highest BCUT2D eigenvalue weighted by Crippen LogP contribution is 2.15. The molecule has 4 nitrogen and oxygen atoms in total. The van der Waals surface area contributed by atoms with Gasteiger partial charge >= 0.3 is 6.03 Å². The molecule has 0 heterocycles. The normalized spacial score (nSPS) is 10.1. The van der Waals surface area contributed by atoms with Gasteiger partial charge in [-0.1, -0.05) is 54.1 Å². The number of urea groups is 1. The molecule has 0 atom stereocenters. The maximum atomic E-state index is 11.7. The summed E-state index contributed by atoms with van der Waals surface area (Å²) in [4.78, 5) is 23.3. The Kier molecular flexibility index (Phi) is 6.97. The van der Waals surface area contributed by atoms with Crippen molar-refractivity contribution in [1.82, 2.24) is 10.6 Å². The molecule has 0 saturated heterocycles. The van der Waals surface area contributed by atoms with Crippen LogP contribution in [0.3, 0.4) is 0 Å². The fourth-order valence-electron chi connectivity index (χ4n) is 1.83. The molecule has 0 radical (unpaired) electrons. The number of halogens is 1. The Hall–Kier alpha value is -1.98. The smallest absolute Gasteiger partial charge is 0.321 e. The highest BCUT2D eigenvalue weighted by Gasteiger charge is 2.07. The molecule has 0 aliphatic rings. The van der Waals surface area contributed by atoms with Crippen LogP contribution in [-0.4, -0.2) is 17.7 Å². The minimum absolute atomic E-state index is 0.224. The van der Waals surface area contributed by atoms with Crippen LogP contribution in [0.4, 0.5) is 4.79 Å². The summed E-state index contributed by atoms with van der Waals surface area (Å²) in [6.07, 6.45) is 0. The molecule has 0 bridgehead atoms. The van der Waals surface area contributed by atoms with E-state index in [1.54, 1.807) is 0 Å². The zero-order chi connectivity index (χ0) is 16.5. The highest BCUT2D eigenvalue weighted by atomic mass is 35.5. The first-order chi connectivity index (χ1) is 11.1. The van der Waals surface area contributed by atoms with Crippen molar-refractivity contribution in [3.8, 4) is 0 Å². The molecule has 2 aromatic rings. The van der Waals surface area contributed by atoms with E-state index in [9.17, 15) is 9.59 Å². The molecule has 3 amide bonds. The van der Waals surface area contributed by atoms with Crippen LogP contribution in [0.15, 0.2) is 54.6 Å². The van der Waals surface area contributed by atoms with E-state index in [4.69, 9.17) is 11.6 Å². The van der Waals surface area contributed by atoms with Crippen molar-refractivity contribution in [3.05, 3.63) is 70.7 Å². The lowest BCUT2D eigenvalue weighted by molar-refractivity contribution is -0.117. The maximum absolute atomic E-state index is 11.7. The van der Waals surface area contributed by atoms with Gasteiger partial charge in [-0.15, -0.1) is 11.8 Å². The van der Waals surface area contributed by atoms with Crippen molar-refractivity contribution in [2.24, 2.45) is 0 Å². The van der Waals surface area contributed by atoms with Crippen molar-refractivity contribution in [1.29, 1.82) is 0 Å². The van der Waals surface area contributed by atoms with Gasteiger partial charge in [0.2, 0.25) is 5.91 Å². The van der Waals surface area contributed by atoms with Crippen molar-refractivity contribution in [3.63, 3.8) is 0 Å². The first-order valence-corrected chi connectivity index (χ1v) is 8.60. The molecule has 2 N–H and O–H groups in total. The second kappa shape index (κ2) is 9.22. The summed E-state index contributed by atoms with van der Waals surface area (Å²) in [7, 11) is 0. The monoisotopic (exact) mass is 348 g/mol. The summed E-state index contributed by atoms with van der Waals surface area (Å²) in [6, 6.07) is 16.5. The van der Waals surface area contributed by atoms with Crippen LogP contribution in [0.2, 0.25) is 5.02 Å². The Morgan fingerprint density at radius 3 is 2.35 bits per heavy atom. The van der Waals surface area contributed by atoms with Crippen LogP contribution >= 0.6 is 23.4 Å². The van der Waals surface area contributed by atoms with Gasteiger partial charge in [-0.3, -0.25) is 10.1 Å². The molecule has 2 aromatic carbocycles. The second-order valence-corrected chi connectivity index (χ2v) is 6.26. The number of hydrogen-bond acceptors (Lipinski definition) is 3. The Morgan fingerprint density at radius 1 is 0.957 bits per heavy atom. The molecule has 6 heteroatoms. The van der Waals surface area contributed by atoms with Crippen molar-refractivity contribution >= 4 is 35.3 Å². The zero-order valence-electron chi connectivity index (χ0n) is 12.4. The van der Waals surface area contributed by atoms with Gasteiger partial charge in [0.1, 0.15) is 0 Å². The largest absolute Gasteiger partial charge is 0.334 e. The molecule has 23 heavy (non-hydrogen) atoms.